The highest BCUT2D eigenvalue weighted by Gasteiger charge is 2.27. The summed E-state index contributed by atoms with van der Waals surface area (Å²) in [6.45, 7) is 3.96. The van der Waals surface area contributed by atoms with Crippen molar-refractivity contribution in [3.8, 4) is 0 Å². The van der Waals surface area contributed by atoms with Gasteiger partial charge in [-0.05, 0) is 80.6 Å². The van der Waals surface area contributed by atoms with E-state index >= 15 is 0 Å². The summed E-state index contributed by atoms with van der Waals surface area (Å²) in [5.41, 5.74) is 1.09. The zero-order chi connectivity index (χ0) is 20.6. The second-order valence-electron chi connectivity index (χ2n) is 8.54. The average Bonchev–Trinajstić information content (AvgIpc) is 3.04. The van der Waals surface area contributed by atoms with Crippen LogP contribution in [0, 0.1) is 0 Å². The maximum atomic E-state index is 13.2. The van der Waals surface area contributed by atoms with Crippen LogP contribution in [0.5, 0.6) is 0 Å². The fraction of sp³-hybridized carbons (Fsp3) is 0.682. The van der Waals surface area contributed by atoms with Crippen molar-refractivity contribution in [2.75, 3.05) is 19.6 Å². The lowest BCUT2D eigenvalue weighted by atomic mass is 9.97. The molecule has 0 saturated carbocycles. The molecule has 0 bridgehead atoms. The van der Waals surface area contributed by atoms with Crippen LogP contribution in [0.3, 0.4) is 0 Å². The number of piperidine rings is 1. The summed E-state index contributed by atoms with van der Waals surface area (Å²) >= 11 is 0. The Labute approximate surface area is 178 Å². The Morgan fingerprint density at radius 2 is 1.87 bits per heavy atom. The number of likely N-dealkylation sites (tertiary alicyclic amines) is 2. The van der Waals surface area contributed by atoms with Crippen LogP contribution in [0.2, 0.25) is 0 Å². The topological polar surface area (TPSA) is 80.0 Å². The van der Waals surface area contributed by atoms with Gasteiger partial charge in [0.15, 0.2) is 5.82 Å². The number of aryl methyl sites for hydroxylation is 1. The van der Waals surface area contributed by atoms with Gasteiger partial charge < -0.3 is 4.90 Å². The summed E-state index contributed by atoms with van der Waals surface area (Å²) in [7, 11) is 0. The van der Waals surface area contributed by atoms with Gasteiger partial charge >= 0.3 is 0 Å². The van der Waals surface area contributed by atoms with Crippen LogP contribution in [0.15, 0.2) is 24.4 Å². The predicted octanol–water partition coefficient (Wildman–Crippen LogP) is 2.46. The average molecular weight is 412 g/mol. The molecular formula is C22H33N7O. The molecule has 4 heterocycles. The summed E-state index contributed by atoms with van der Waals surface area (Å²) in [5.74, 6) is 0.928. The molecule has 1 unspecified atom stereocenters. The molecule has 2 aliphatic rings. The number of hydrogen-bond acceptors (Lipinski definition) is 6. The fourth-order valence-corrected chi connectivity index (χ4v) is 4.66. The van der Waals surface area contributed by atoms with Crippen LogP contribution in [-0.2, 0) is 24.3 Å². The van der Waals surface area contributed by atoms with Gasteiger partial charge in [0.1, 0.15) is 6.54 Å². The molecule has 0 aliphatic carbocycles. The molecule has 1 amide bonds. The normalized spacial score (nSPS) is 20.8. The van der Waals surface area contributed by atoms with E-state index in [1.807, 2.05) is 18.3 Å². The van der Waals surface area contributed by atoms with Gasteiger partial charge in [-0.15, -0.1) is 5.10 Å². The number of carbonyl (C=O) groups excluding carboxylic acids is 1. The van der Waals surface area contributed by atoms with E-state index in [0.29, 0.717) is 0 Å². The summed E-state index contributed by atoms with van der Waals surface area (Å²) in [5, 5.41) is 12.2. The van der Waals surface area contributed by atoms with Crippen molar-refractivity contribution in [3.05, 3.63) is 35.9 Å². The first-order valence-corrected chi connectivity index (χ1v) is 11.5. The second-order valence-corrected chi connectivity index (χ2v) is 8.54. The quantitative estimate of drug-likeness (QED) is 0.696. The number of amides is 1. The molecule has 2 aliphatic heterocycles. The van der Waals surface area contributed by atoms with E-state index in [4.69, 9.17) is 0 Å². The third-order valence-corrected chi connectivity index (χ3v) is 6.36. The van der Waals surface area contributed by atoms with Crippen LogP contribution in [0.4, 0.5) is 0 Å². The second kappa shape index (κ2) is 10.6. The number of tetrazole rings is 1. The van der Waals surface area contributed by atoms with E-state index in [1.54, 1.807) is 4.68 Å². The minimum absolute atomic E-state index is 0.130. The molecule has 2 aromatic heterocycles. The Balaban J connectivity index is 1.35. The molecular weight excluding hydrogens is 378 g/mol. The van der Waals surface area contributed by atoms with Crippen LogP contribution in [0.25, 0.3) is 0 Å². The Hall–Kier alpha value is -2.35. The first-order chi connectivity index (χ1) is 14.8. The SMILES string of the molecule is O=C(Cn1nnnc1CN1CCCCCC1)N1CCCCC1CCc1ccccn1. The smallest absolute Gasteiger partial charge is 0.244 e. The van der Waals surface area contributed by atoms with E-state index < -0.39 is 0 Å². The van der Waals surface area contributed by atoms with Crippen LogP contribution in [0.1, 0.15) is 62.9 Å². The first kappa shape index (κ1) is 20.9. The molecule has 8 heteroatoms. The monoisotopic (exact) mass is 411 g/mol. The van der Waals surface area contributed by atoms with Crippen molar-refractivity contribution in [3.63, 3.8) is 0 Å². The van der Waals surface area contributed by atoms with Gasteiger partial charge in [0, 0.05) is 24.5 Å². The highest BCUT2D eigenvalue weighted by atomic mass is 16.2. The van der Waals surface area contributed by atoms with Gasteiger partial charge in [-0.3, -0.25) is 14.7 Å². The highest BCUT2D eigenvalue weighted by molar-refractivity contribution is 5.76. The van der Waals surface area contributed by atoms with E-state index in [2.05, 4.69) is 36.4 Å². The zero-order valence-electron chi connectivity index (χ0n) is 17.8. The van der Waals surface area contributed by atoms with E-state index in [0.717, 1.165) is 63.4 Å². The van der Waals surface area contributed by atoms with Crippen molar-refractivity contribution in [1.82, 2.24) is 35.0 Å². The first-order valence-electron chi connectivity index (χ1n) is 11.5. The molecule has 162 valence electrons. The van der Waals surface area contributed by atoms with Gasteiger partial charge in [0.05, 0.1) is 6.54 Å². The third-order valence-electron chi connectivity index (χ3n) is 6.36. The molecule has 2 saturated heterocycles. The van der Waals surface area contributed by atoms with E-state index in [1.165, 1.54) is 32.1 Å². The van der Waals surface area contributed by atoms with Gasteiger partial charge in [-0.2, -0.15) is 0 Å². The minimum atomic E-state index is 0.130. The lowest BCUT2D eigenvalue weighted by Gasteiger charge is -2.36. The number of rotatable bonds is 7. The molecule has 0 aromatic carbocycles. The summed E-state index contributed by atoms with van der Waals surface area (Å²) in [6.07, 6.45) is 12.1. The van der Waals surface area contributed by atoms with Crippen molar-refractivity contribution < 1.29 is 4.79 Å². The van der Waals surface area contributed by atoms with Gasteiger partial charge in [-0.25, -0.2) is 4.68 Å². The molecule has 2 fully saturated rings. The molecule has 30 heavy (non-hydrogen) atoms. The molecule has 0 spiro atoms. The maximum absolute atomic E-state index is 13.2. The highest BCUT2D eigenvalue weighted by Crippen LogP contribution is 2.22. The Bertz CT molecular complexity index is 786. The number of carbonyl (C=O) groups is 1. The third kappa shape index (κ3) is 5.62. The van der Waals surface area contributed by atoms with E-state index in [9.17, 15) is 4.79 Å². The zero-order valence-corrected chi connectivity index (χ0v) is 17.8. The van der Waals surface area contributed by atoms with Crippen molar-refractivity contribution in [2.24, 2.45) is 0 Å². The van der Waals surface area contributed by atoms with Gasteiger partial charge in [0.2, 0.25) is 5.91 Å². The number of nitrogens with zero attached hydrogens (tertiary/aromatic N) is 7. The van der Waals surface area contributed by atoms with Crippen LogP contribution >= 0.6 is 0 Å². The van der Waals surface area contributed by atoms with Crippen molar-refractivity contribution >= 4 is 5.91 Å². The molecule has 8 nitrogen and oxygen atoms in total. The van der Waals surface area contributed by atoms with Crippen molar-refractivity contribution in [1.29, 1.82) is 0 Å². The Morgan fingerprint density at radius 1 is 1.03 bits per heavy atom. The fourth-order valence-electron chi connectivity index (χ4n) is 4.66. The van der Waals surface area contributed by atoms with Gasteiger partial charge in [0.25, 0.3) is 0 Å². The predicted molar refractivity (Wildman–Crippen MR) is 113 cm³/mol. The maximum Gasteiger partial charge on any atom is 0.244 e. The Morgan fingerprint density at radius 3 is 2.67 bits per heavy atom. The standard InChI is InChI=1S/C22H33N7O/c30-22(18-29-21(24-25-26-29)17-27-14-6-1-2-7-15-27)28-16-8-4-10-20(28)12-11-19-9-3-5-13-23-19/h3,5,9,13,20H,1-2,4,6-8,10-12,14-18H2. The number of pyridine rings is 1. The lowest BCUT2D eigenvalue weighted by Crippen LogP contribution is -2.45. The number of aromatic nitrogens is 5. The molecule has 4 rings (SSSR count). The molecule has 0 N–H and O–H groups in total. The summed E-state index contributed by atoms with van der Waals surface area (Å²) in [4.78, 5) is 22.1. The van der Waals surface area contributed by atoms with Crippen LogP contribution in [-0.4, -0.2) is 66.6 Å². The van der Waals surface area contributed by atoms with Crippen LogP contribution < -0.4 is 0 Å². The molecule has 1 atom stereocenters. The van der Waals surface area contributed by atoms with E-state index in [-0.39, 0.29) is 18.5 Å². The summed E-state index contributed by atoms with van der Waals surface area (Å²) < 4.78 is 1.71. The minimum Gasteiger partial charge on any atom is -0.338 e. The lowest BCUT2D eigenvalue weighted by molar-refractivity contribution is -0.136. The number of hydrogen-bond donors (Lipinski definition) is 0. The summed E-state index contributed by atoms with van der Waals surface area (Å²) in [6, 6.07) is 6.30. The largest absolute Gasteiger partial charge is 0.338 e. The van der Waals surface area contributed by atoms with Crippen molar-refractivity contribution in [2.45, 2.75) is 76.9 Å². The van der Waals surface area contributed by atoms with Gasteiger partial charge in [-0.1, -0.05) is 18.9 Å². The molecule has 0 radical (unpaired) electrons. The Kier molecular flexibility index (Phi) is 7.39. The molecule has 2 aromatic rings.